The number of amides is 3. The molecule has 1 atom stereocenters. The lowest BCUT2D eigenvalue weighted by molar-refractivity contribution is 0.145. The number of nitrogens with two attached hydrogens (primary N) is 1. The molecule has 0 unspecified atom stereocenters. The van der Waals surface area contributed by atoms with E-state index in [1.54, 1.807) is 6.20 Å². The Morgan fingerprint density at radius 2 is 2.09 bits per heavy atom. The van der Waals surface area contributed by atoms with Gasteiger partial charge in [0.25, 0.3) is 0 Å². The van der Waals surface area contributed by atoms with Crippen LogP contribution in [-0.2, 0) is 11.3 Å². The van der Waals surface area contributed by atoms with Crippen molar-refractivity contribution in [1.82, 2.24) is 20.7 Å². The number of halogens is 2. The molecule has 1 aromatic heterocycles. The summed E-state index contributed by atoms with van der Waals surface area (Å²) in [5.74, 6) is -1.60. The zero-order valence-corrected chi connectivity index (χ0v) is 17.9. The molecule has 2 aliphatic heterocycles. The molecule has 4 N–H and O–H groups in total. The predicted octanol–water partition coefficient (Wildman–Crippen LogP) is 1.24. The molecule has 3 heterocycles. The Morgan fingerprint density at radius 3 is 2.75 bits per heavy atom. The van der Waals surface area contributed by atoms with Gasteiger partial charge in [0.1, 0.15) is 16.8 Å². The van der Waals surface area contributed by atoms with Crippen molar-refractivity contribution in [3.8, 4) is 0 Å². The molecular weight excluding hydrogens is 444 g/mol. The van der Waals surface area contributed by atoms with Crippen LogP contribution in [0.15, 0.2) is 23.7 Å². The Balaban J connectivity index is 1.41. The van der Waals surface area contributed by atoms with Crippen LogP contribution < -0.4 is 26.3 Å². The maximum atomic E-state index is 14.9. The third-order valence-electron chi connectivity index (χ3n) is 5.16. The second-order valence-corrected chi connectivity index (χ2v) is 8.22. The number of nitrogens with zero attached hydrogens (tertiary/aromatic N) is 4. The third kappa shape index (κ3) is 4.74. The van der Waals surface area contributed by atoms with E-state index in [0.29, 0.717) is 13.1 Å². The first-order chi connectivity index (χ1) is 15.5. The zero-order valence-electron chi connectivity index (χ0n) is 17.1. The molecule has 2 fully saturated rings. The fourth-order valence-corrected chi connectivity index (χ4v) is 4.14. The van der Waals surface area contributed by atoms with E-state index in [1.165, 1.54) is 21.2 Å². The number of hydrogen-bond donors (Lipinski definition) is 3. The van der Waals surface area contributed by atoms with Gasteiger partial charge in [-0.2, -0.15) is 0 Å². The lowest BCUT2D eigenvalue weighted by Crippen LogP contribution is -2.48. The van der Waals surface area contributed by atoms with E-state index < -0.39 is 23.8 Å². The highest BCUT2D eigenvalue weighted by molar-refractivity contribution is 7.09. The summed E-state index contributed by atoms with van der Waals surface area (Å²) in [6.07, 6.45) is 0.453. The summed E-state index contributed by atoms with van der Waals surface area (Å²) < 4.78 is 34.9. The largest absolute Gasteiger partial charge is 0.443 e. The van der Waals surface area contributed by atoms with Crippen molar-refractivity contribution >= 4 is 34.8 Å². The van der Waals surface area contributed by atoms with Crippen LogP contribution in [0.2, 0.25) is 0 Å². The van der Waals surface area contributed by atoms with Gasteiger partial charge < -0.3 is 20.7 Å². The van der Waals surface area contributed by atoms with Crippen molar-refractivity contribution in [2.75, 3.05) is 49.1 Å². The molecule has 2 aliphatic rings. The van der Waals surface area contributed by atoms with E-state index in [2.05, 4.69) is 15.7 Å². The fraction of sp³-hybridized carbons (Fsp3) is 0.421. The summed E-state index contributed by atoms with van der Waals surface area (Å²) in [7, 11) is 0. The number of hydrogen-bond acceptors (Lipinski definition) is 8. The number of hydrazine groups is 1. The van der Waals surface area contributed by atoms with E-state index >= 15 is 0 Å². The zero-order chi connectivity index (χ0) is 22.7. The lowest BCUT2D eigenvalue weighted by Gasteiger charge is -2.25. The normalized spacial score (nSPS) is 19.2. The summed E-state index contributed by atoms with van der Waals surface area (Å²) in [4.78, 5) is 31.2. The highest BCUT2D eigenvalue weighted by Crippen LogP contribution is 2.31. The third-order valence-corrected chi connectivity index (χ3v) is 5.94. The lowest BCUT2D eigenvalue weighted by atomic mass is 10.2. The monoisotopic (exact) mass is 467 g/mol. The molecule has 2 aromatic rings. The van der Waals surface area contributed by atoms with Gasteiger partial charge in [0.05, 0.1) is 25.3 Å². The molecule has 0 saturated carbocycles. The molecule has 0 bridgehead atoms. The molecule has 10 nitrogen and oxygen atoms in total. The van der Waals surface area contributed by atoms with E-state index in [-0.39, 0.29) is 50.1 Å². The quantitative estimate of drug-likeness (QED) is 0.606. The van der Waals surface area contributed by atoms with Gasteiger partial charge in [-0.05, 0) is 0 Å². The van der Waals surface area contributed by atoms with Crippen molar-refractivity contribution in [2.24, 2.45) is 5.73 Å². The standard InChI is InChI=1S/C19H23F2N7O3S/c20-14-7-12(27-11-13(9-22)31-19(27)30)8-15(21)17(14)26-3-1-25-28(5-4-26)18(29)24-10-16-23-2-6-32-16/h2,6-8,13,25H,1,3-5,9-11,22H2,(H,24,29)/t13-/m0/s1. The van der Waals surface area contributed by atoms with Gasteiger partial charge in [-0.25, -0.2) is 28.8 Å². The van der Waals surface area contributed by atoms with Gasteiger partial charge in [0.15, 0.2) is 11.6 Å². The van der Waals surface area contributed by atoms with Crippen molar-refractivity contribution in [3.05, 3.63) is 40.4 Å². The first kappa shape index (κ1) is 22.2. The van der Waals surface area contributed by atoms with Crippen LogP contribution in [0.25, 0.3) is 0 Å². The molecule has 0 spiro atoms. The minimum absolute atomic E-state index is 0.0702. The SMILES string of the molecule is NC[C@H]1CN(c2cc(F)c(N3CCNN(C(=O)NCc4nccs4)CC3)c(F)c2)C(=O)O1. The van der Waals surface area contributed by atoms with Crippen molar-refractivity contribution in [3.63, 3.8) is 0 Å². The summed E-state index contributed by atoms with van der Waals surface area (Å²) in [6.45, 7) is 1.57. The predicted molar refractivity (Wildman–Crippen MR) is 114 cm³/mol. The van der Waals surface area contributed by atoms with Crippen LogP contribution in [-0.4, -0.2) is 67.5 Å². The van der Waals surface area contributed by atoms with Gasteiger partial charge in [-0.15, -0.1) is 11.3 Å². The molecule has 4 rings (SSSR count). The van der Waals surface area contributed by atoms with Crippen molar-refractivity contribution in [2.45, 2.75) is 12.6 Å². The Labute approximate surface area is 186 Å². The molecule has 32 heavy (non-hydrogen) atoms. The van der Waals surface area contributed by atoms with E-state index in [9.17, 15) is 18.4 Å². The fourth-order valence-electron chi connectivity index (χ4n) is 3.58. The smallest absolute Gasteiger partial charge is 0.414 e. The second kappa shape index (κ2) is 9.63. The minimum Gasteiger partial charge on any atom is -0.443 e. The Hall–Kier alpha value is -3.03. The molecular formula is C19H23F2N7O3S. The summed E-state index contributed by atoms with van der Waals surface area (Å²) in [5.41, 5.74) is 8.33. The van der Waals surface area contributed by atoms with Crippen LogP contribution in [0.1, 0.15) is 5.01 Å². The maximum Gasteiger partial charge on any atom is 0.414 e. The average Bonchev–Trinajstić information content (AvgIpc) is 3.35. The topological polar surface area (TPSA) is 116 Å². The first-order valence-electron chi connectivity index (χ1n) is 10.1. The van der Waals surface area contributed by atoms with Crippen LogP contribution >= 0.6 is 11.3 Å². The number of ether oxygens (including phenoxy) is 1. The van der Waals surface area contributed by atoms with Crippen molar-refractivity contribution < 1.29 is 23.1 Å². The number of cyclic esters (lactones) is 1. The number of carbonyl (C=O) groups excluding carboxylic acids is 2. The minimum atomic E-state index is -0.800. The number of aromatic nitrogens is 1. The summed E-state index contributed by atoms with van der Waals surface area (Å²) in [6, 6.07) is 1.87. The van der Waals surface area contributed by atoms with Gasteiger partial charge >= 0.3 is 12.1 Å². The molecule has 0 radical (unpaired) electrons. The second-order valence-electron chi connectivity index (χ2n) is 7.24. The van der Waals surface area contributed by atoms with E-state index in [4.69, 9.17) is 10.5 Å². The van der Waals surface area contributed by atoms with Crippen LogP contribution in [0.3, 0.4) is 0 Å². The first-order valence-corrected chi connectivity index (χ1v) is 10.9. The van der Waals surface area contributed by atoms with Crippen LogP contribution in [0.5, 0.6) is 0 Å². The Bertz CT molecular complexity index is 955. The maximum absolute atomic E-state index is 14.9. The van der Waals surface area contributed by atoms with E-state index in [0.717, 1.165) is 22.0 Å². The molecule has 172 valence electrons. The van der Waals surface area contributed by atoms with Crippen LogP contribution in [0.4, 0.5) is 29.7 Å². The number of benzene rings is 1. The number of nitrogens with one attached hydrogen (secondary N) is 2. The molecule has 1 aromatic carbocycles. The molecule has 2 saturated heterocycles. The highest BCUT2D eigenvalue weighted by Gasteiger charge is 2.33. The highest BCUT2D eigenvalue weighted by atomic mass is 32.1. The number of urea groups is 1. The number of thiazole rings is 1. The summed E-state index contributed by atoms with van der Waals surface area (Å²) in [5, 5.41) is 6.74. The molecule has 0 aliphatic carbocycles. The van der Waals surface area contributed by atoms with Gasteiger partial charge in [-0.1, -0.05) is 0 Å². The average molecular weight is 468 g/mol. The molecule has 3 amide bonds. The van der Waals surface area contributed by atoms with Crippen LogP contribution in [0, 0.1) is 11.6 Å². The summed E-state index contributed by atoms with van der Waals surface area (Å²) >= 11 is 1.43. The van der Waals surface area contributed by atoms with E-state index in [1.807, 2.05) is 5.38 Å². The number of carbonyl (C=O) groups is 2. The number of anilines is 2. The Kier molecular flexibility index (Phi) is 6.67. The molecule has 13 heteroatoms. The van der Waals surface area contributed by atoms with Gasteiger partial charge in [-0.3, -0.25) is 9.91 Å². The van der Waals surface area contributed by atoms with Gasteiger partial charge in [0, 0.05) is 49.9 Å². The number of rotatable bonds is 5. The van der Waals surface area contributed by atoms with Crippen molar-refractivity contribution in [1.29, 1.82) is 0 Å². The Morgan fingerprint density at radius 1 is 1.31 bits per heavy atom. The van der Waals surface area contributed by atoms with Gasteiger partial charge in [0.2, 0.25) is 0 Å².